The number of aromatic amines is 1. The van der Waals surface area contributed by atoms with Gasteiger partial charge in [0.25, 0.3) is 5.91 Å². The average molecular weight is 345 g/mol. The molecule has 7 heteroatoms. The van der Waals surface area contributed by atoms with E-state index in [9.17, 15) is 4.79 Å². The van der Waals surface area contributed by atoms with E-state index >= 15 is 0 Å². The Morgan fingerprint density at radius 1 is 1.08 bits per heavy atom. The standard InChI is InChI=1S/C19H15N5O2/c25-19(15-11-14(23-24-15)13-5-2-1-3-6-13)22-12-16-18(21-9-8-20-16)17-7-4-10-26-17/h1-11H,12H2,(H,22,25)(H,23,24). The molecule has 0 unspecified atom stereocenters. The zero-order valence-electron chi connectivity index (χ0n) is 13.7. The van der Waals surface area contributed by atoms with E-state index in [1.54, 1.807) is 36.9 Å². The van der Waals surface area contributed by atoms with Crippen LogP contribution in [0, 0.1) is 0 Å². The molecule has 0 saturated carbocycles. The van der Waals surface area contributed by atoms with Crippen LogP contribution in [-0.2, 0) is 6.54 Å². The molecule has 3 heterocycles. The number of hydrogen-bond donors (Lipinski definition) is 2. The van der Waals surface area contributed by atoms with E-state index in [2.05, 4.69) is 25.5 Å². The van der Waals surface area contributed by atoms with Crippen molar-refractivity contribution in [1.82, 2.24) is 25.5 Å². The zero-order valence-corrected chi connectivity index (χ0v) is 13.7. The van der Waals surface area contributed by atoms with Crippen molar-refractivity contribution in [3.8, 4) is 22.7 Å². The van der Waals surface area contributed by atoms with Crippen molar-refractivity contribution in [3.63, 3.8) is 0 Å². The second kappa shape index (κ2) is 7.02. The van der Waals surface area contributed by atoms with E-state index in [-0.39, 0.29) is 12.5 Å². The van der Waals surface area contributed by atoms with Crippen LogP contribution in [0.15, 0.2) is 71.6 Å². The van der Waals surface area contributed by atoms with Crippen molar-refractivity contribution in [3.05, 3.63) is 78.6 Å². The molecular weight excluding hydrogens is 330 g/mol. The zero-order chi connectivity index (χ0) is 17.8. The van der Waals surface area contributed by atoms with Gasteiger partial charge in [0.1, 0.15) is 11.4 Å². The van der Waals surface area contributed by atoms with Crippen LogP contribution < -0.4 is 5.32 Å². The van der Waals surface area contributed by atoms with Gasteiger partial charge in [-0.3, -0.25) is 14.9 Å². The first-order valence-electron chi connectivity index (χ1n) is 8.04. The molecule has 4 aromatic rings. The number of benzene rings is 1. The lowest BCUT2D eigenvalue weighted by Gasteiger charge is -2.06. The third-order valence-electron chi connectivity index (χ3n) is 3.84. The Morgan fingerprint density at radius 2 is 1.92 bits per heavy atom. The van der Waals surface area contributed by atoms with Gasteiger partial charge in [0, 0.05) is 18.0 Å². The maximum absolute atomic E-state index is 12.4. The Hall–Kier alpha value is -3.74. The fraction of sp³-hybridized carbons (Fsp3) is 0.0526. The number of amides is 1. The van der Waals surface area contributed by atoms with Gasteiger partial charge in [0.2, 0.25) is 0 Å². The minimum Gasteiger partial charge on any atom is -0.463 e. The highest BCUT2D eigenvalue weighted by Crippen LogP contribution is 2.20. The Bertz CT molecular complexity index is 1010. The molecule has 0 fully saturated rings. The quantitative estimate of drug-likeness (QED) is 0.579. The summed E-state index contributed by atoms with van der Waals surface area (Å²) in [5, 5.41) is 9.79. The van der Waals surface area contributed by atoms with Crippen molar-refractivity contribution in [2.75, 3.05) is 0 Å². The van der Waals surface area contributed by atoms with Gasteiger partial charge in [0.05, 0.1) is 24.2 Å². The van der Waals surface area contributed by atoms with Crippen molar-refractivity contribution in [2.45, 2.75) is 6.54 Å². The van der Waals surface area contributed by atoms with Crippen LogP contribution in [0.2, 0.25) is 0 Å². The summed E-state index contributed by atoms with van der Waals surface area (Å²) in [5.41, 5.74) is 3.27. The molecule has 0 aliphatic heterocycles. The number of furan rings is 1. The van der Waals surface area contributed by atoms with E-state index in [1.807, 2.05) is 30.3 Å². The molecule has 2 N–H and O–H groups in total. The molecule has 4 rings (SSSR count). The SMILES string of the molecule is O=C(NCc1nccnc1-c1ccco1)c1cc(-c2ccccc2)n[nH]1. The third kappa shape index (κ3) is 3.23. The topological polar surface area (TPSA) is 96.7 Å². The summed E-state index contributed by atoms with van der Waals surface area (Å²) in [6, 6.07) is 15.0. The van der Waals surface area contributed by atoms with Gasteiger partial charge in [0.15, 0.2) is 5.76 Å². The van der Waals surface area contributed by atoms with Gasteiger partial charge >= 0.3 is 0 Å². The molecule has 1 aromatic carbocycles. The number of nitrogens with one attached hydrogen (secondary N) is 2. The van der Waals surface area contributed by atoms with Crippen molar-refractivity contribution < 1.29 is 9.21 Å². The van der Waals surface area contributed by atoms with E-state index in [0.29, 0.717) is 28.5 Å². The Morgan fingerprint density at radius 3 is 2.73 bits per heavy atom. The smallest absolute Gasteiger partial charge is 0.269 e. The lowest BCUT2D eigenvalue weighted by atomic mass is 10.1. The highest BCUT2D eigenvalue weighted by molar-refractivity contribution is 5.93. The maximum atomic E-state index is 12.4. The highest BCUT2D eigenvalue weighted by atomic mass is 16.3. The second-order valence-corrected chi connectivity index (χ2v) is 5.54. The van der Waals surface area contributed by atoms with Crippen LogP contribution in [0.25, 0.3) is 22.7 Å². The number of hydrogen-bond acceptors (Lipinski definition) is 5. The minimum absolute atomic E-state index is 0.225. The number of aromatic nitrogens is 4. The number of nitrogens with zero attached hydrogens (tertiary/aromatic N) is 3. The van der Waals surface area contributed by atoms with Crippen molar-refractivity contribution in [2.24, 2.45) is 0 Å². The molecule has 128 valence electrons. The Balaban J connectivity index is 1.48. The largest absolute Gasteiger partial charge is 0.463 e. The summed E-state index contributed by atoms with van der Waals surface area (Å²) in [6.45, 7) is 0.225. The molecule has 1 amide bonds. The van der Waals surface area contributed by atoms with Crippen LogP contribution in [0.4, 0.5) is 0 Å². The number of rotatable bonds is 5. The van der Waals surface area contributed by atoms with Gasteiger partial charge in [-0.15, -0.1) is 0 Å². The van der Waals surface area contributed by atoms with Gasteiger partial charge in [-0.05, 0) is 18.2 Å². The van der Waals surface area contributed by atoms with Gasteiger partial charge in [-0.1, -0.05) is 30.3 Å². The lowest BCUT2D eigenvalue weighted by Crippen LogP contribution is -2.24. The van der Waals surface area contributed by atoms with Crippen molar-refractivity contribution in [1.29, 1.82) is 0 Å². The third-order valence-corrected chi connectivity index (χ3v) is 3.84. The molecular formula is C19H15N5O2. The molecule has 7 nitrogen and oxygen atoms in total. The first-order chi connectivity index (χ1) is 12.8. The molecule has 0 spiro atoms. The molecule has 0 aliphatic carbocycles. The molecule has 0 radical (unpaired) electrons. The first-order valence-corrected chi connectivity index (χ1v) is 8.04. The van der Waals surface area contributed by atoms with E-state index in [4.69, 9.17) is 4.42 Å². The van der Waals surface area contributed by atoms with E-state index < -0.39 is 0 Å². The van der Waals surface area contributed by atoms with Crippen LogP contribution in [0.1, 0.15) is 16.2 Å². The number of carbonyl (C=O) groups excluding carboxylic acids is 1. The summed E-state index contributed by atoms with van der Waals surface area (Å²) in [6.07, 6.45) is 4.74. The number of carbonyl (C=O) groups is 1. The molecule has 26 heavy (non-hydrogen) atoms. The Labute approximate surface area is 149 Å². The normalized spacial score (nSPS) is 10.6. The Kier molecular flexibility index (Phi) is 4.26. The summed E-state index contributed by atoms with van der Waals surface area (Å²) in [5.74, 6) is 0.339. The monoisotopic (exact) mass is 345 g/mol. The van der Waals surface area contributed by atoms with Gasteiger partial charge < -0.3 is 9.73 Å². The summed E-state index contributed by atoms with van der Waals surface area (Å²) in [4.78, 5) is 21.0. The number of H-pyrrole nitrogens is 1. The second-order valence-electron chi connectivity index (χ2n) is 5.54. The predicted molar refractivity (Wildman–Crippen MR) is 94.9 cm³/mol. The van der Waals surface area contributed by atoms with Crippen LogP contribution >= 0.6 is 0 Å². The van der Waals surface area contributed by atoms with Crippen molar-refractivity contribution >= 4 is 5.91 Å². The fourth-order valence-electron chi connectivity index (χ4n) is 2.57. The van der Waals surface area contributed by atoms with Gasteiger partial charge in [-0.2, -0.15) is 5.10 Å². The van der Waals surface area contributed by atoms with E-state index in [1.165, 1.54) is 0 Å². The summed E-state index contributed by atoms with van der Waals surface area (Å²) in [7, 11) is 0. The molecule has 0 saturated heterocycles. The van der Waals surface area contributed by atoms with Crippen LogP contribution in [-0.4, -0.2) is 26.1 Å². The van der Waals surface area contributed by atoms with E-state index in [0.717, 1.165) is 5.56 Å². The predicted octanol–water partition coefficient (Wildman–Crippen LogP) is 3.06. The highest BCUT2D eigenvalue weighted by Gasteiger charge is 2.14. The fourth-order valence-corrected chi connectivity index (χ4v) is 2.57. The van der Waals surface area contributed by atoms with Crippen LogP contribution in [0.5, 0.6) is 0 Å². The molecule has 0 atom stereocenters. The summed E-state index contributed by atoms with van der Waals surface area (Å²) >= 11 is 0. The first kappa shape index (κ1) is 15.8. The molecule has 3 aromatic heterocycles. The van der Waals surface area contributed by atoms with Crippen LogP contribution in [0.3, 0.4) is 0 Å². The summed E-state index contributed by atoms with van der Waals surface area (Å²) < 4.78 is 5.37. The lowest BCUT2D eigenvalue weighted by molar-refractivity contribution is 0.0945. The van der Waals surface area contributed by atoms with Gasteiger partial charge in [-0.25, -0.2) is 4.98 Å². The molecule has 0 aliphatic rings. The minimum atomic E-state index is -0.268. The average Bonchev–Trinajstić information content (AvgIpc) is 3.39. The maximum Gasteiger partial charge on any atom is 0.269 e. The molecule has 0 bridgehead atoms.